The number of amides is 1. The summed E-state index contributed by atoms with van der Waals surface area (Å²) >= 11 is 11.8. The lowest BCUT2D eigenvalue weighted by atomic mass is 10.2. The zero-order chi connectivity index (χ0) is 19.4. The molecule has 0 atom stereocenters. The molecule has 1 heterocycles. The lowest BCUT2D eigenvalue weighted by Gasteiger charge is -2.11. The predicted molar refractivity (Wildman–Crippen MR) is 106 cm³/mol. The number of sulfonamides is 1. The highest BCUT2D eigenvalue weighted by atomic mass is 35.5. The molecule has 27 heavy (non-hydrogen) atoms. The van der Waals surface area contributed by atoms with Gasteiger partial charge < -0.3 is 5.32 Å². The van der Waals surface area contributed by atoms with Gasteiger partial charge in [-0.1, -0.05) is 35.3 Å². The Morgan fingerprint density at radius 3 is 2.52 bits per heavy atom. The van der Waals surface area contributed by atoms with E-state index in [9.17, 15) is 13.2 Å². The van der Waals surface area contributed by atoms with E-state index < -0.39 is 15.9 Å². The highest BCUT2D eigenvalue weighted by molar-refractivity contribution is 7.92. The Labute approximate surface area is 166 Å². The van der Waals surface area contributed by atoms with Gasteiger partial charge >= 0.3 is 0 Å². The minimum atomic E-state index is -3.98. The number of rotatable bonds is 5. The molecule has 1 amide bonds. The molecule has 2 N–H and O–H groups in total. The van der Waals surface area contributed by atoms with Crippen molar-refractivity contribution in [1.82, 2.24) is 4.98 Å². The second kappa shape index (κ2) is 7.96. The van der Waals surface area contributed by atoms with E-state index in [0.717, 1.165) is 0 Å². The fraction of sp³-hybridized carbons (Fsp3) is 0. The van der Waals surface area contributed by atoms with Crippen molar-refractivity contribution in [3.63, 3.8) is 0 Å². The van der Waals surface area contributed by atoms with E-state index in [1.165, 1.54) is 30.3 Å². The quantitative estimate of drug-likeness (QED) is 0.636. The van der Waals surface area contributed by atoms with Gasteiger partial charge in [0.1, 0.15) is 10.7 Å². The summed E-state index contributed by atoms with van der Waals surface area (Å²) in [6, 6.07) is 15.3. The van der Waals surface area contributed by atoms with E-state index in [-0.39, 0.29) is 26.2 Å². The molecule has 0 saturated heterocycles. The Morgan fingerprint density at radius 1 is 0.963 bits per heavy atom. The van der Waals surface area contributed by atoms with Crippen molar-refractivity contribution in [2.75, 3.05) is 10.0 Å². The maximum absolute atomic E-state index is 12.6. The van der Waals surface area contributed by atoms with E-state index in [1.807, 2.05) is 0 Å². The first-order valence-electron chi connectivity index (χ1n) is 7.65. The minimum Gasteiger partial charge on any atom is -0.307 e. The number of carbonyl (C=O) groups excluding carboxylic acids is 1. The molecular weight excluding hydrogens is 409 g/mol. The van der Waals surface area contributed by atoms with Crippen LogP contribution < -0.4 is 10.0 Å². The molecule has 0 radical (unpaired) electrons. The fourth-order valence-corrected chi connectivity index (χ4v) is 4.06. The maximum atomic E-state index is 12.6. The standard InChI is InChI=1S/C18H13Cl2N3O3S/c19-13-7-8-15(20)16(11-13)27(25,26)23-14-5-3-4-12(10-14)18(24)22-17-6-1-2-9-21-17/h1-11,23H,(H,21,22,24). The smallest absolute Gasteiger partial charge is 0.263 e. The number of nitrogens with one attached hydrogen (secondary N) is 2. The van der Waals surface area contributed by atoms with Crippen LogP contribution in [0, 0.1) is 0 Å². The second-order valence-electron chi connectivity index (χ2n) is 5.43. The van der Waals surface area contributed by atoms with E-state index in [2.05, 4.69) is 15.0 Å². The molecule has 0 aliphatic heterocycles. The zero-order valence-electron chi connectivity index (χ0n) is 13.7. The minimum absolute atomic E-state index is 0.0379. The molecule has 3 rings (SSSR count). The third-order valence-electron chi connectivity index (χ3n) is 3.47. The van der Waals surface area contributed by atoms with Gasteiger partial charge in [0.05, 0.1) is 5.02 Å². The molecule has 1 aromatic heterocycles. The van der Waals surface area contributed by atoms with Crippen LogP contribution in [0.3, 0.4) is 0 Å². The monoisotopic (exact) mass is 421 g/mol. The van der Waals surface area contributed by atoms with Crippen LogP contribution in [-0.2, 0) is 10.0 Å². The van der Waals surface area contributed by atoms with Gasteiger partial charge in [-0.2, -0.15) is 0 Å². The van der Waals surface area contributed by atoms with Crippen LogP contribution in [0.4, 0.5) is 11.5 Å². The molecule has 9 heteroatoms. The second-order valence-corrected chi connectivity index (χ2v) is 7.92. The molecule has 0 unspecified atom stereocenters. The number of hydrogen-bond donors (Lipinski definition) is 2. The summed E-state index contributed by atoms with van der Waals surface area (Å²) in [4.78, 5) is 16.2. The largest absolute Gasteiger partial charge is 0.307 e. The zero-order valence-corrected chi connectivity index (χ0v) is 16.0. The topological polar surface area (TPSA) is 88.2 Å². The van der Waals surface area contributed by atoms with Crippen molar-refractivity contribution in [1.29, 1.82) is 0 Å². The lowest BCUT2D eigenvalue weighted by Crippen LogP contribution is -2.16. The molecule has 0 bridgehead atoms. The molecule has 6 nitrogen and oxygen atoms in total. The van der Waals surface area contributed by atoms with Gasteiger partial charge in [-0.3, -0.25) is 9.52 Å². The Balaban J connectivity index is 1.83. The molecule has 0 aliphatic rings. The van der Waals surface area contributed by atoms with E-state index in [0.29, 0.717) is 5.82 Å². The summed E-state index contributed by atoms with van der Waals surface area (Å²) < 4.78 is 27.6. The number of nitrogens with zero attached hydrogens (tertiary/aromatic N) is 1. The SMILES string of the molecule is O=C(Nc1ccccn1)c1cccc(NS(=O)(=O)c2cc(Cl)ccc2Cl)c1. The average molecular weight is 422 g/mol. The normalized spacial score (nSPS) is 11.0. The van der Waals surface area contributed by atoms with Gasteiger partial charge in [-0.15, -0.1) is 0 Å². The van der Waals surface area contributed by atoms with Crippen LogP contribution in [0.1, 0.15) is 10.4 Å². The van der Waals surface area contributed by atoms with Gasteiger partial charge in [-0.25, -0.2) is 13.4 Å². The van der Waals surface area contributed by atoms with Crippen LogP contribution in [0.25, 0.3) is 0 Å². The Bertz CT molecular complexity index is 1090. The van der Waals surface area contributed by atoms with Crippen LogP contribution in [0.5, 0.6) is 0 Å². The summed E-state index contributed by atoms with van der Waals surface area (Å²) in [6.07, 6.45) is 1.55. The number of benzene rings is 2. The van der Waals surface area contributed by atoms with Crippen molar-refractivity contribution in [3.05, 3.63) is 82.5 Å². The first-order valence-corrected chi connectivity index (χ1v) is 9.89. The number of carbonyl (C=O) groups is 1. The van der Waals surface area contributed by atoms with Crippen molar-refractivity contribution in [3.8, 4) is 0 Å². The van der Waals surface area contributed by atoms with Crippen molar-refractivity contribution in [2.45, 2.75) is 4.90 Å². The van der Waals surface area contributed by atoms with Crippen LogP contribution in [0.2, 0.25) is 10.0 Å². The summed E-state index contributed by atoms with van der Waals surface area (Å²) in [5, 5.41) is 2.91. The fourth-order valence-electron chi connectivity index (χ4n) is 2.24. The van der Waals surface area contributed by atoms with E-state index >= 15 is 0 Å². The molecular formula is C18H13Cl2N3O3S. The Kier molecular flexibility index (Phi) is 5.65. The van der Waals surface area contributed by atoms with Gasteiger partial charge in [-0.05, 0) is 48.5 Å². The van der Waals surface area contributed by atoms with Gasteiger partial charge in [0.25, 0.3) is 15.9 Å². The number of hydrogen-bond acceptors (Lipinski definition) is 4. The van der Waals surface area contributed by atoms with E-state index in [1.54, 1.807) is 36.5 Å². The van der Waals surface area contributed by atoms with Gasteiger partial charge in [0, 0.05) is 22.5 Å². The maximum Gasteiger partial charge on any atom is 0.263 e. The molecule has 0 spiro atoms. The highest BCUT2D eigenvalue weighted by Crippen LogP contribution is 2.27. The molecule has 0 saturated carbocycles. The lowest BCUT2D eigenvalue weighted by molar-refractivity contribution is 0.102. The van der Waals surface area contributed by atoms with Crippen molar-refractivity contribution in [2.24, 2.45) is 0 Å². The number of anilines is 2. The van der Waals surface area contributed by atoms with Crippen molar-refractivity contribution < 1.29 is 13.2 Å². The Hall–Kier alpha value is -2.61. The summed E-state index contributed by atoms with van der Waals surface area (Å²) in [6.45, 7) is 0. The Morgan fingerprint density at radius 2 is 1.78 bits per heavy atom. The third kappa shape index (κ3) is 4.77. The van der Waals surface area contributed by atoms with Crippen molar-refractivity contribution >= 4 is 50.6 Å². The highest BCUT2D eigenvalue weighted by Gasteiger charge is 2.19. The molecule has 0 aliphatic carbocycles. The predicted octanol–water partition coefficient (Wildman–Crippen LogP) is 4.44. The number of halogens is 2. The van der Waals surface area contributed by atoms with Gasteiger partial charge in [0.2, 0.25) is 0 Å². The van der Waals surface area contributed by atoms with Gasteiger partial charge in [0.15, 0.2) is 0 Å². The van der Waals surface area contributed by atoms with Crippen LogP contribution in [-0.4, -0.2) is 19.3 Å². The summed E-state index contributed by atoms with van der Waals surface area (Å²) in [5.74, 6) is -0.0327. The van der Waals surface area contributed by atoms with E-state index in [4.69, 9.17) is 23.2 Å². The average Bonchev–Trinajstić information content (AvgIpc) is 2.64. The first kappa shape index (κ1) is 19.2. The molecule has 2 aromatic carbocycles. The molecule has 0 fully saturated rings. The number of aromatic nitrogens is 1. The third-order valence-corrected chi connectivity index (χ3v) is 5.56. The van der Waals surface area contributed by atoms with Crippen LogP contribution in [0.15, 0.2) is 71.8 Å². The summed E-state index contributed by atoms with van der Waals surface area (Å²) in [5.41, 5.74) is 0.470. The first-order chi connectivity index (χ1) is 12.8. The summed E-state index contributed by atoms with van der Waals surface area (Å²) in [7, 11) is -3.98. The van der Waals surface area contributed by atoms with Crippen LogP contribution >= 0.6 is 23.2 Å². The molecule has 3 aromatic rings. The number of pyridine rings is 1. The molecule has 138 valence electrons.